The van der Waals surface area contributed by atoms with Crippen LogP contribution in [0.2, 0.25) is 10.0 Å². The monoisotopic (exact) mass is 436 g/mol. The van der Waals surface area contributed by atoms with Crippen LogP contribution in [0, 0.1) is 0 Å². The molecule has 0 aliphatic heterocycles. The number of nitrogens with one attached hydrogen (secondary N) is 1. The van der Waals surface area contributed by atoms with Gasteiger partial charge in [-0.05, 0) is 43.3 Å². The van der Waals surface area contributed by atoms with Gasteiger partial charge in [0.1, 0.15) is 5.75 Å². The van der Waals surface area contributed by atoms with Crippen LogP contribution in [0.25, 0.3) is 0 Å². The molecule has 0 bridgehead atoms. The maximum absolute atomic E-state index is 12.1. The van der Waals surface area contributed by atoms with Crippen LogP contribution >= 0.6 is 39.1 Å². The van der Waals surface area contributed by atoms with Gasteiger partial charge in [-0.3, -0.25) is 0 Å². The molecule has 0 spiro atoms. The number of phenols is 1. The number of rotatable bonds is 4. The number of phenolic OH excluding ortho intramolecular Hbond substituents is 1. The van der Waals surface area contributed by atoms with E-state index in [2.05, 4.69) is 25.9 Å². The summed E-state index contributed by atoms with van der Waals surface area (Å²) < 4.78 is 25.1. The Kier molecular flexibility index (Phi) is 5.57. The Labute approximate surface area is 152 Å². The first kappa shape index (κ1) is 18.1. The Hall–Kier alpha value is -1.28. The lowest BCUT2D eigenvalue weighted by molar-refractivity contribution is 0.474. The van der Waals surface area contributed by atoms with Gasteiger partial charge in [-0.25, -0.2) is 0 Å². The Morgan fingerprint density at radius 2 is 1.83 bits per heavy atom. The van der Waals surface area contributed by atoms with Crippen molar-refractivity contribution >= 4 is 54.9 Å². The molecule has 0 radical (unpaired) electrons. The summed E-state index contributed by atoms with van der Waals surface area (Å²) in [7, 11) is -3.82. The summed E-state index contributed by atoms with van der Waals surface area (Å²) in [4.78, 5) is 2.17. The molecule has 0 atom stereocenters. The van der Waals surface area contributed by atoms with Gasteiger partial charge in [-0.2, -0.15) is 18.4 Å². The molecule has 0 fully saturated rings. The summed E-state index contributed by atoms with van der Waals surface area (Å²) in [6, 6.07) is 8.90. The molecule has 0 saturated carbocycles. The van der Waals surface area contributed by atoms with Gasteiger partial charge in [0, 0.05) is 15.1 Å². The molecule has 2 rings (SSSR count). The number of nitrogens with zero attached hydrogens (tertiary/aromatic N) is 1. The third-order valence-electron chi connectivity index (χ3n) is 2.88. The molecule has 2 aromatic rings. The molecule has 122 valence electrons. The van der Waals surface area contributed by atoms with E-state index in [1.807, 2.05) is 0 Å². The number of hydrazone groups is 1. The summed E-state index contributed by atoms with van der Waals surface area (Å²) in [6.07, 6.45) is 0. The van der Waals surface area contributed by atoms with Crippen molar-refractivity contribution in [1.29, 1.82) is 0 Å². The van der Waals surface area contributed by atoms with E-state index in [-0.39, 0.29) is 26.9 Å². The molecule has 0 aliphatic rings. The van der Waals surface area contributed by atoms with Crippen LogP contribution in [-0.2, 0) is 10.0 Å². The number of halogens is 3. The normalized spacial score (nSPS) is 12.3. The van der Waals surface area contributed by atoms with Gasteiger partial charge in [0.2, 0.25) is 0 Å². The largest absolute Gasteiger partial charge is 0.506 e. The van der Waals surface area contributed by atoms with E-state index in [1.165, 1.54) is 31.2 Å². The highest BCUT2D eigenvalue weighted by atomic mass is 79.9. The van der Waals surface area contributed by atoms with Crippen molar-refractivity contribution in [3.63, 3.8) is 0 Å². The zero-order valence-corrected chi connectivity index (χ0v) is 15.6. The van der Waals surface area contributed by atoms with Crippen molar-refractivity contribution in [2.24, 2.45) is 5.10 Å². The van der Waals surface area contributed by atoms with Crippen LogP contribution < -0.4 is 4.83 Å². The van der Waals surface area contributed by atoms with Crippen LogP contribution in [0.15, 0.2) is 50.9 Å². The fourth-order valence-electron chi connectivity index (χ4n) is 1.70. The van der Waals surface area contributed by atoms with Crippen molar-refractivity contribution < 1.29 is 13.5 Å². The van der Waals surface area contributed by atoms with Crippen molar-refractivity contribution in [2.75, 3.05) is 0 Å². The number of aromatic hydroxyl groups is 1. The van der Waals surface area contributed by atoms with Gasteiger partial charge in [0.05, 0.1) is 15.6 Å². The molecule has 2 N–H and O–H groups in total. The minimum atomic E-state index is -3.82. The van der Waals surface area contributed by atoms with E-state index < -0.39 is 10.0 Å². The fourth-order valence-corrected chi connectivity index (χ4v) is 3.31. The highest BCUT2D eigenvalue weighted by Crippen LogP contribution is 2.31. The van der Waals surface area contributed by atoms with E-state index in [4.69, 9.17) is 23.2 Å². The molecule has 0 aromatic heterocycles. The van der Waals surface area contributed by atoms with Gasteiger partial charge in [-0.1, -0.05) is 39.1 Å². The van der Waals surface area contributed by atoms with E-state index in [0.717, 1.165) is 4.47 Å². The van der Waals surface area contributed by atoms with Crippen molar-refractivity contribution in [3.05, 3.63) is 56.5 Å². The smallest absolute Gasteiger partial charge is 0.276 e. The first-order chi connectivity index (χ1) is 10.7. The van der Waals surface area contributed by atoms with E-state index in [9.17, 15) is 13.5 Å². The van der Waals surface area contributed by atoms with Gasteiger partial charge in [0.15, 0.2) is 0 Å². The van der Waals surface area contributed by atoms with Crippen molar-refractivity contribution in [3.8, 4) is 5.75 Å². The van der Waals surface area contributed by atoms with Gasteiger partial charge >= 0.3 is 0 Å². The second kappa shape index (κ2) is 7.09. The highest BCUT2D eigenvalue weighted by Gasteiger charge is 2.15. The van der Waals surface area contributed by atoms with Crippen LogP contribution in [-0.4, -0.2) is 19.2 Å². The lowest BCUT2D eigenvalue weighted by Gasteiger charge is -2.08. The second-order valence-corrected chi connectivity index (χ2v) is 7.95. The lowest BCUT2D eigenvalue weighted by Crippen LogP contribution is -2.20. The number of benzene rings is 2. The third-order valence-corrected chi connectivity index (χ3v) is 5.13. The van der Waals surface area contributed by atoms with Crippen LogP contribution in [0.3, 0.4) is 0 Å². The number of hydrogen-bond acceptors (Lipinski definition) is 4. The zero-order chi connectivity index (χ0) is 17.2. The van der Waals surface area contributed by atoms with Crippen LogP contribution in [0.4, 0.5) is 0 Å². The Balaban J connectivity index is 2.31. The lowest BCUT2D eigenvalue weighted by atomic mass is 10.1. The summed E-state index contributed by atoms with van der Waals surface area (Å²) in [6.45, 7) is 1.52. The number of hydrogen-bond donors (Lipinski definition) is 2. The zero-order valence-electron chi connectivity index (χ0n) is 11.7. The molecular weight excluding hydrogens is 427 g/mol. The number of sulfonamides is 1. The molecule has 23 heavy (non-hydrogen) atoms. The van der Waals surface area contributed by atoms with Crippen molar-refractivity contribution in [2.45, 2.75) is 11.8 Å². The summed E-state index contributed by atoms with van der Waals surface area (Å²) in [5, 5.41) is 14.1. The van der Waals surface area contributed by atoms with Gasteiger partial charge < -0.3 is 5.11 Å². The minimum Gasteiger partial charge on any atom is -0.506 e. The minimum absolute atomic E-state index is 0.0535. The summed E-state index contributed by atoms with van der Waals surface area (Å²) in [5.41, 5.74) is 0.452. The maximum atomic E-state index is 12.1. The quantitative estimate of drug-likeness (QED) is 0.556. The van der Waals surface area contributed by atoms with E-state index in [1.54, 1.807) is 12.1 Å². The van der Waals surface area contributed by atoms with Crippen LogP contribution in [0.1, 0.15) is 12.5 Å². The van der Waals surface area contributed by atoms with Crippen LogP contribution in [0.5, 0.6) is 5.75 Å². The predicted molar refractivity (Wildman–Crippen MR) is 94.8 cm³/mol. The maximum Gasteiger partial charge on any atom is 0.276 e. The second-order valence-electron chi connectivity index (χ2n) is 4.53. The molecule has 0 unspecified atom stereocenters. The Bertz CT molecular complexity index is 868. The first-order valence-electron chi connectivity index (χ1n) is 6.21. The molecule has 0 aliphatic carbocycles. The third kappa shape index (κ3) is 4.38. The molecule has 0 saturated heterocycles. The first-order valence-corrected chi connectivity index (χ1v) is 9.24. The Morgan fingerprint density at radius 3 is 2.43 bits per heavy atom. The Morgan fingerprint density at radius 1 is 1.22 bits per heavy atom. The molecule has 5 nitrogen and oxygen atoms in total. The average Bonchev–Trinajstić information content (AvgIpc) is 2.49. The summed E-state index contributed by atoms with van der Waals surface area (Å²) in [5.74, 6) is -0.222. The van der Waals surface area contributed by atoms with Gasteiger partial charge in [-0.15, -0.1) is 0 Å². The SMILES string of the molecule is CC(=NNS(=O)(=O)c1ccc(Br)cc1)c1cc(Cl)cc(Cl)c1O. The molecule has 0 amide bonds. The molecule has 9 heteroatoms. The van der Waals surface area contributed by atoms with E-state index >= 15 is 0 Å². The highest BCUT2D eigenvalue weighted by molar-refractivity contribution is 9.10. The fraction of sp³-hybridized carbons (Fsp3) is 0.0714. The molecular formula is C14H11BrCl2N2O3S. The molecule has 0 heterocycles. The summed E-state index contributed by atoms with van der Waals surface area (Å²) >= 11 is 14.9. The standard InChI is InChI=1S/C14H11BrCl2N2O3S/c1-8(12-6-10(16)7-13(17)14(12)20)18-19-23(21,22)11-4-2-9(15)3-5-11/h2-7,19-20H,1H3. The predicted octanol–water partition coefficient (Wildman–Crippen LogP) is 4.16. The van der Waals surface area contributed by atoms with E-state index in [0.29, 0.717) is 5.02 Å². The average molecular weight is 438 g/mol. The van der Waals surface area contributed by atoms with Gasteiger partial charge in [0.25, 0.3) is 10.0 Å². The molecule has 2 aromatic carbocycles. The van der Waals surface area contributed by atoms with Crippen molar-refractivity contribution in [1.82, 2.24) is 4.83 Å². The topological polar surface area (TPSA) is 78.8 Å².